The van der Waals surface area contributed by atoms with E-state index in [1.54, 1.807) is 6.33 Å². The van der Waals surface area contributed by atoms with Gasteiger partial charge in [-0.1, -0.05) is 6.92 Å². The molecule has 0 spiro atoms. The summed E-state index contributed by atoms with van der Waals surface area (Å²) in [4.78, 5) is 13.6. The van der Waals surface area contributed by atoms with Gasteiger partial charge in [0.2, 0.25) is 0 Å². The van der Waals surface area contributed by atoms with Crippen LogP contribution in [0.25, 0.3) is 11.0 Å². The smallest absolute Gasteiger partial charge is 0.161 e. The Labute approximate surface area is 125 Å². The van der Waals surface area contributed by atoms with Gasteiger partial charge >= 0.3 is 0 Å². The molecule has 0 aliphatic carbocycles. The fourth-order valence-electron chi connectivity index (χ4n) is 2.78. The Hall–Kier alpha value is -1.53. The van der Waals surface area contributed by atoms with Gasteiger partial charge < -0.3 is 4.90 Å². The van der Waals surface area contributed by atoms with Crippen LogP contribution in [0.2, 0.25) is 0 Å². The third kappa shape index (κ3) is 3.22. The Bertz CT molecular complexity index is 585. The van der Waals surface area contributed by atoms with E-state index in [9.17, 15) is 0 Å². The predicted octanol–water partition coefficient (Wildman–Crippen LogP) is 0.840. The standard InChI is InChI=1S/C15H23N6/c1-3-4-14-13-11-18-21(15(13)17-12-16-14)10-9-20-7-5-19(2)6-8-20/h11-12H,1,3-10H2,2H3. The van der Waals surface area contributed by atoms with E-state index in [0.717, 1.165) is 68.8 Å². The molecule has 3 rings (SSSR count). The van der Waals surface area contributed by atoms with E-state index < -0.39 is 0 Å². The fourth-order valence-corrected chi connectivity index (χ4v) is 2.78. The Morgan fingerprint density at radius 3 is 2.71 bits per heavy atom. The van der Waals surface area contributed by atoms with Crippen molar-refractivity contribution in [2.75, 3.05) is 39.8 Å². The first kappa shape index (κ1) is 14.4. The van der Waals surface area contributed by atoms with Crippen molar-refractivity contribution in [1.29, 1.82) is 0 Å². The van der Waals surface area contributed by atoms with Gasteiger partial charge in [0.1, 0.15) is 6.33 Å². The lowest BCUT2D eigenvalue weighted by atomic mass is 10.2. The highest BCUT2D eigenvalue weighted by atomic mass is 15.3. The molecule has 1 radical (unpaired) electrons. The SMILES string of the molecule is [CH2]CCc1ncnc2c1cnn2CCN1CCN(C)CC1. The average molecular weight is 287 g/mol. The Morgan fingerprint density at radius 2 is 1.95 bits per heavy atom. The highest BCUT2D eigenvalue weighted by molar-refractivity contribution is 5.76. The van der Waals surface area contributed by atoms with Gasteiger partial charge in [0.25, 0.3) is 0 Å². The lowest BCUT2D eigenvalue weighted by Crippen LogP contribution is -2.45. The summed E-state index contributed by atoms with van der Waals surface area (Å²) in [5, 5.41) is 5.56. The monoisotopic (exact) mass is 287 g/mol. The number of hydrogen-bond donors (Lipinski definition) is 0. The zero-order valence-corrected chi connectivity index (χ0v) is 12.7. The van der Waals surface area contributed by atoms with Gasteiger partial charge in [0, 0.05) is 32.7 Å². The lowest BCUT2D eigenvalue weighted by molar-refractivity contribution is 0.149. The zero-order valence-electron chi connectivity index (χ0n) is 12.7. The number of likely N-dealkylation sites (N-methyl/N-ethyl adjacent to an activating group) is 1. The second-order valence-electron chi connectivity index (χ2n) is 5.67. The van der Waals surface area contributed by atoms with Gasteiger partial charge in [-0.15, -0.1) is 0 Å². The van der Waals surface area contributed by atoms with Crippen molar-refractivity contribution in [3.05, 3.63) is 25.1 Å². The zero-order chi connectivity index (χ0) is 14.7. The van der Waals surface area contributed by atoms with Crippen molar-refractivity contribution < 1.29 is 0 Å². The van der Waals surface area contributed by atoms with Gasteiger partial charge in [0.15, 0.2) is 5.65 Å². The van der Waals surface area contributed by atoms with Crippen LogP contribution in [0, 0.1) is 6.92 Å². The van der Waals surface area contributed by atoms with Crippen LogP contribution >= 0.6 is 0 Å². The fraction of sp³-hybridized carbons (Fsp3) is 0.600. The molecule has 1 fully saturated rings. The van der Waals surface area contributed by atoms with Crippen molar-refractivity contribution in [3.8, 4) is 0 Å². The number of aromatic nitrogens is 4. The quantitative estimate of drug-likeness (QED) is 0.815. The average Bonchev–Trinajstić information content (AvgIpc) is 2.91. The van der Waals surface area contributed by atoms with Crippen LogP contribution in [0.5, 0.6) is 0 Å². The largest absolute Gasteiger partial charge is 0.304 e. The first-order valence-electron chi connectivity index (χ1n) is 7.63. The number of fused-ring (bicyclic) bond motifs is 1. The van der Waals surface area contributed by atoms with E-state index in [-0.39, 0.29) is 0 Å². The minimum atomic E-state index is 0.846. The van der Waals surface area contributed by atoms with Crippen molar-refractivity contribution in [3.63, 3.8) is 0 Å². The molecule has 3 heterocycles. The highest BCUT2D eigenvalue weighted by Gasteiger charge is 2.14. The van der Waals surface area contributed by atoms with Crippen molar-refractivity contribution in [2.24, 2.45) is 0 Å². The van der Waals surface area contributed by atoms with Gasteiger partial charge in [-0.05, 0) is 19.9 Å². The number of aryl methyl sites for hydroxylation is 1. The molecule has 0 N–H and O–H groups in total. The summed E-state index contributed by atoms with van der Waals surface area (Å²) < 4.78 is 2.00. The Kier molecular flexibility index (Phi) is 4.45. The minimum Gasteiger partial charge on any atom is -0.304 e. The molecule has 0 saturated carbocycles. The molecule has 6 nitrogen and oxygen atoms in total. The molecule has 0 amide bonds. The summed E-state index contributed by atoms with van der Waals surface area (Å²) in [5.41, 5.74) is 2.00. The molecule has 0 atom stereocenters. The summed E-state index contributed by atoms with van der Waals surface area (Å²) in [6, 6.07) is 0. The van der Waals surface area contributed by atoms with Gasteiger partial charge in [-0.3, -0.25) is 4.90 Å². The summed E-state index contributed by atoms with van der Waals surface area (Å²) >= 11 is 0. The molecule has 6 heteroatoms. The highest BCUT2D eigenvalue weighted by Crippen LogP contribution is 2.15. The van der Waals surface area contributed by atoms with Gasteiger partial charge in [-0.25, -0.2) is 14.6 Å². The third-order valence-electron chi connectivity index (χ3n) is 4.15. The molecule has 1 aliphatic heterocycles. The molecule has 21 heavy (non-hydrogen) atoms. The molecule has 1 aliphatic rings. The molecule has 113 valence electrons. The topological polar surface area (TPSA) is 50.1 Å². The van der Waals surface area contributed by atoms with Crippen molar-refractivity contribution in [2.45, 2.75) is 19.4 Å². The minimum absolute atomic E-state index is 0.846. The van der Waals surface area contributed by atoms with Crippen LogP contribution < -0.4 is 0 Å². The van der Waals surface area contributed by atoms with E-state index in [1.807, 2.05) is 10.9 Å². The summed E-state index contributed by atoms with van der Waals surface area (Å²) in [6.07, 6.45) is 5.26. The van der Waals surface area contributed by atoms with E-state index in [2.05, 4.69) is 38.8 Å². The molecule has 1 saturated heterocycles. The van der Waals surface area contributed by atoms with Crippen LogP contribution in [0.3, 0.4) is 0 Å². The van der Waals surface area contributed by atoms with Crippen LogP contribution in [-0.4, -0.2) is 69.3 Å². The van der Waals surface area contributed by atoms with Crippen LogP contribution in [0.15, 0.2) is 12.5 Å². The molecular formula is C15H23N6. The maximum Gasteiger partial charge on any atom is 0.161 e. The summed E-state index contributed by atoms with van der Waals surface area (Å²) in [7, 11) is 2.18. The first-order chi connectivity index (χ1) is 10.3. The number of piperazine rings is 1. The third-order valence-corrected chi connectivity index (χ3v) is 4.15. The van der Waals surface area contributed by atoms with E-state index in [4.69, 9.17) is 0 Å². The molecule has 2 aromatic rings. The summed E-state index contributed by atoms with van der Waals surface area (Å²) in [5.74, 6) is 0. The normalized spacial score (nSPS) is 17.6. The summed E-state index contributed by atoms with van der Waals surface area (Å²) in [6.45, 7) is 10.4. The molecule has 0 aromatic carbocycles. The lowest BCUT2D eigenvalue weighted by Gasteiger charge is -2.32. The van der Waals surface area contributed by atoms with Gasteiger partial charge in [0.05, 0.1) is 23.8 Å². The second-order valence-corrected chi connectivity index (χ2v) is 5.67. The molecule has 2 aromatic heterocycles. The van der Waals surface area contributed by atoms with Crippen LogP contribution in [0.4, 0.5) is 0 Å². The second kappa shape index (κ2) is 6.49. The van der Waals surface area contributed by atoms with E-state index >= 15 is 0 Å². The van der Waals surface area contributed by atoms with Crippen molar-refractivity contribution in [1.82, 2.24) is 29.5 Å². The molecule has 0 bridgehead atoms. The predicted molar refractivity (Wildman–Crippen MR) is 82.9 cm³/mol. The molecular weight excluding hydrogens is 264 g/mol. The van der Waals surface area contributed by atoms with E-state index in [1.165, 1.54) is 0 Å². The van der Waals surface area contributed by atoms with E-state index in [0.29, 0.717) is 0 Å². The number of hydrogen-bond acceptors (Lipinski definition) is 5. The first-order valence-corrected chi connectivity index (χ1v) is 7.63. The Morgan fingerprint density at radius 1 is 1.14 bits per heavy atom. The van der Waals surface area contributed by atoms with Gasteiger partial charge in [-0.2, -0.15) is 5.10 Å². The van der Waals surface area contributed by atoms with Crippen LogP contribution in [-0.2, 0) is 13.0 Å². The maximum absolute atomic E-state index is 4.49. The maximum atomic E-state index is 4.49. The van der Waals surface area contributed by atoms with Crippen LogP contribution in [0.1, 0.15) is 12.1 Å². The molecule has 0 unspecified atom stereocenters. The number of nitrogens with zero attached hydrogens (tertiary/aromatic N) is 6. The number of rotatable bonds is 5. The van der Waals surface area contributed by atoms with Crippen molar-refractivity contribution >= 4 is 11.0 Å². The Balaban J connectivity index is 1.68.